The second kappa shape index (κ2) is 4.30. The SMILES string of the molecule is O=C(c1ccc(O)cc1)[C@@H]1C[C@H]1c1ccccc1. The second-order valence-electron chi connectivity index (χ2n) is 4.77. The van der Waals surface area contributed by atoms with E-state index in [2.05, 4.69) is 12.1 Å². The Hall–Kier alpha value is -2.09. The third-order valence-electron chi connectivity index (χ3n) is 3.51. The monoisotopic (exact) mass is 238 g/mol. The van der Waals surface area contributed by atoms with Gasteiger partial charge in [0.25, 0.3) is 0 Å². The number of benzene rings is 2. The van der Waals surface area contributed by atoms with Crippen LogP contribution in [0, 0.1) is 5.92 Å². The van der Waals surface area contributed by atoms with Crippen molar-refractivity contribution in [3.05, 3.63) is 65.7 Å². The summed E-state index contributed by atoms with van der Waals surface area (Å²) in [5.41, 5.74) is 1.94. The molecule has 1 fully saturated rings. The number of ketones is 1. The molecule has 1 aliphatic rings. The molecule has 0 unspecified atom stereocenters. The first-order valence-corrected chi connectivity index (χ1v) is 6.14. The third kappa shape index (κ3) is 2.02. The predicted octanol–water partition coefficient (Wildman–Crippen LogP) is 3.38. The largest absolute Gasteiger partial charge is 0.508 e. The number of Topliss-reactive ketones (excluding diaryl/α,β-unsaturated/α-hetero) is 1. The highest BCUT2D eigenvalue weighted by molar-refractivity contribution is 6.00. The van der Waals surface area contributed by atoms with E-state index in [0.29, 0.717) is 11.5 Å². The number of hydrogen-bond donors (Lipinski definition) is 1. The van der Waals surface area contributed by atoms with Gasteiger partial charge >= 0.3 is 0 Å². The molecule has 2 nitrogen and oxygen atoms in total. The summed E-state index contributed by atoms with van der Waals surface area (Å²) in [6.07, 6.45) is 0.934. The fourth-order valence-electron chi connectivity index (χ4n) is 2.39. The fraction of sp³-hybridized carbons (Fsp3) is 0.188. The second-order valence-corrected chi connectivity index (χ2v) is 4.77. The van der Waals surface area contributed by atoms with E-state index in [0.717, 1.165) is 6.42 Å². The first-order chi connectivity index (χ1) is 8.75. The number of phenolic OH excluding ortho intramolecular Hbond substituents is 1. The van der Waals surface area contributed by atoms with Gasteiger partial charge in [-0.25, -0.2) is 0 Å². The molecule has 0 heterocycles. The Kier molecular flexibility index (Phi) is 2.63. The number of carbonyl (C=O) groups is 1. The summed E-state index contributed by atoms with van der Waals surface area (Å²) in [5, 5.41) is 9.21. The van der Waals surface area contributed by atoms with Crippen LogP contribution in [0.4, 0.5) is 0 Å². The van der Waals surface area contributed by atoms with Gasteiger partial charge in [-0.3, -0.25) is 4.79 Å². The van der Waals surface area contributed by atoms with E-state index >= 15 is 0 Å². The maximum atomic E-state index is 12.2. The van der Waals surface area contributed by atoms with Gasteiger partial charge in [-0.15, -0.1) is 0 Å². The van der Waals surface area contributed by atoms with Crippen molar-refractivity contribution in [2.45, 2.75) is 12.3 Å². The Bertz CT molecular complexity index is 557. The molecule has 1 saturated carbocycles. The Morgan fingerprint density at radius 3 is 2.33 bits per heavy atom. The number of rotatable bonds is 3. The minimum Gasteiger partial charge on any atom is -0.508 e. The molecule has 0 aliphatic heterocycles. The average molecular weight is 238 g/mol. The lowest BCUT2D eigenvalue weighted by molar-refractivity contribution is 0.0965. The number of carbonyl (C=O) groups excluding carboxylic acids is 1. The van der Waals surface area contributed by atoms with Crippen molar-refractivity contribution in [1.29, 1.82) is 0 Å². The zero-order valence-electron chi connectivity index (χ0n) is 9.91. The highest BCUT2D eigenvalue weighted by Crippen LogP contribution is 2.49. The highest BCUT2D eigenvalue weighted by atomic mass is 16.3. The van der Waals surface area contributed by atoms with Crippen molar-refractivity contribution in [3.63, 3.8) is 0 Å². The molecule has 2 aromatic carbocycles. The van der Waals surface area contributed by atoms with Crippen LogP contribution in [-0.4, -0.2) is 10.9 Å². The summed E-state index contributed by atoms with van der Waals surface area (Å²) in [7, 11) is 0. The van der Waals surface area contributed by atoms with Crippen molar-refractivity contribution in [1.82, 2.24) is 0 Å². The van der Waals surface area contributed by atoms with E-state index in [4.69, 9.17) is 0 Å². The topological polar surface area (TPSA) is 37.3 Å². The van der Waals surface area contributed by atoms with Crippen molar-refractivity contribution >= 4 is 5.78 Å². The van der Waals surface area contributed by atoms with E-state index in [1.165, 1.54) is 5.56 Å². The molecule has 0 radical (unpaired) electrons. The fourth-order valence-corrected chi connectivity index (χ4v) is 2.39. The molecule has 90 valence electrons. The summed E-state index contributed by atoms with van der Waals surface area (Å²) < 4.78 is 0. The first-order valence-electron chi connectivity index (χ1n) is 6.14. The van der Waals surface area contributed by atoms with Crippen LogP contribution in [0.2, 0.25) is 0 Å². The van der Waals surface area contributed by atoms with Gasteiger partial charge in [0, 0.05) is 11.5 Å². The molecule has 0 aromatic heterocycles. The van der Waals surface area contributed by atoms with Crippen molar-refractivity contribution in [2.75, 3.05) is 0 Å². The lowest BCUT2D eigenvalue weighted by atomic mass is 10.0. The van der Waals surface area contributed by atoms with Gasteiger partial charge in [0.1, 0.15) is 5.75 Å². The molecule has 0 spiro atoms. The van der Waals surface area contributed by atoms with Gasteiger partial charge in [0.2, 0.25) is 0 Å². The van der Waals surface area contributed by atoms with Gasteiger partial charge < -0.3 is 5.11 Å². The summed E-state index contributed by atoms with van der Waals surface area (Å²) in [6, 6.07) is 16.7. The molecule has 2 atom stereocenters. The Labute approximate surface area is 106 Å². The standard InChI is InChI=1S/C16H14O2/c17-13-8-6-12(7-9-13)16(18)15-10-14(15)11-4-2-1-3-5-11/h1-9,14-15,17H,10H2/t14-,15+/m0/s1. The van der Waals surface area contributed by atoms with Gasteiger partial charge in [-0.1, -0.05) is 30.3 Å². The van der Waals surface area contributed by atoms with Crippen LogP contribution in [0.1, 0.15) is 28.3 Å². The molecule has 0 amide bonds. The summed E-state index contributed by atoms with van der Waals surface area (Å²) >= 11 is 0. The van der Waals surface area contributed by atoms with E-state index in [9.17, 15) is 9.90 Å². The van der Waals surface area contributed by atoms with Crippen LogP contribution < -0.4 is 0 Å². The molecule has 0 saturated heterocycles. The highest BCUT2D eigenvalue weighted by Gasteiger charge is 2.43. The molecular weight excluding hydrogens is 224 g/mol. The quantitative estimate of drug-likeness (QED) is 0.832. The van der Waals surface area contributed by atoms with Crippen LogP contribution in [0.3, 0.4) is 0 Å². The van der Waals surface area contributed by atoms with Gasteiger partial charge in [0.05, 0.1) is 0 Å². The van der Waals surface area contributed by atoms with Crippen LogP contribution in [0.25, 0.3) is 0 Å². The maximum absolute atomic E-state index is 12.2. The number of hydrogen-bond acceptors (Lipinski definition) is 2. The van der Waals surface area contributed by atoms with Crippen molar-refractivity contribution in [3.8, 4) is 5.75 Å². The summed E-state index contributed by atoms with van der Waals surface area (Å²) in [4.78, 5) is 12.2. The zero-order chi connectivity index (χ0) is 12.5. The Morgan fingerprint density at radius 1 is 1.00 bits per heavy atom. The molecule has 18 heavy (non-hydrogen) atoms. The maximum Gasteiger partial charge on any atom is 0.166 e. The number of phenols is 1. The van der Waals surface area contributed by atoms with Gasteiger partial charge in [0.15, 0.2) is 5.78 Å². The smallest absolute Gasteiger partial charge is 0.166 e. The molecule has 0 bridgehead atoms. The van der Waals surface area contributed by atoms with E-state index in [1.54, 1.807) is 24.3 Å². The molecule has 1 N–H and O–H groups in total. The predicted molar refractivity (Wildman–Crippen MR) is 69.7 cm³/mol. The minimum absolute atomic E-state index is 0.108. The summed E-state index contributed by atoms with van der Waals surface area (Å²) in [5.74, 6) is 0.857. The molecule has 3 rings (SSSR count). The van der Waals surface area contributed by atoms with E-state index in [-0.39, 0.29) is 17.5 Å². The van der Waals surface area contributed by atoms with Crippen LogP contribution >= 0.6 is 0 Å². The zero-order valence-corrected chi connectivity index (χ0v) is 9.91. The normalized spacial score (nSPS) is 21.6. The number of aromatic hydroxyl groups is 1. The van der Waals surface area contributed by atoms with Gasteiger partial charge in [-0.2, -0.15) is 0 Å². The molecular formula is C16H14O2. The lowest BCUT2D eigenvalue weighted by Crippen LogP contribution is -2.02. The third-order valence-corrected chi connectivity index (χ3v) is 3.51. The Balaban J connectivity index is 1.75. The van der Waals surface area contributed by atoms with Crippen molar-refractivity contribution in [2.24, 2.45) is 5.92 Å². The van der Waals surface area contributed by atoms with Crippen molar-refractivity contribution < 1.29 is 9.90 Å². The van der Waals surface area contributed by atoms with Crippen LogP contribution in [0.15, 0.2) is 54.6 Å². The lowest BCUT2D eigenvalue weighted by Gasteiger charge is -2.01. The average Bonchev–Trinajstić information content (AvgIpc) is 3.20. The molecule has 1 aliphatic carbocycles. The molecule has 2 aromatic rings. The van der Waals surface area contributed by atoms with E-state index < -0.39 is 0 Å². The van der Waals surface area contributed by atoms with Crippen LogP contribution in [-0.2, 0) is 0 Å². The minimum atomic E-state index is 0.108. The van der Waals surface area contributed by atoms with Crippen LogP contribution in [0.5, 0.6) is 5.75 Å². The molecule has 2 heteroatoms. The first kappa shape index (κ1) is 11.0. The Morgan fingerprint density at radius 2 is 1.67 bits per heavy atom. The van der Waals surface area contributed by atoms with Gasteiger partial charge in [-0.05, 0) is 42.2 Å². The van der Waals surface area contributed by atoms with E-state index in [1.807, 2.05) is 18.2 Å². The summed E-state index contributed by atoms with van der Waals surface area (Å²) in [6.45, 7) is 0.